The molecule has 0 aliphatic carbocycles. The van der Waals surface area contributed by atoms with Crippen LogP contribution in [-0.2, 0) is 11.2 Å². The average Bonchev–Trinajstić information content (AvgIpc) is 2.56. The topological polar surface area (TPSA) is 73.3 Å². The fraction of sp³-hybridized carbons (Fsp3) is 0.100. The summed E-state index contributed by atoms with van der Waals surface area (Å²) >= 11 is 0. The quantitative estimate of drug-likeness (QED) is 0.703. The Morgan fingerprint density at radius 2 is 2.20 bits per heavy atom. The van der Waals surface area contributed by atoms with Crippen LogP contribution < -0.4 is 0 Å². The summed E-state index contributed by atoms with van der Waals surface area (Å²) in [5, 5.41) is 18.1. The number of nitrogens with one attached hydrogen (secondary N) is 1. The Bertz CT molecular complexity index is 533. The molecule has 0 fully saturated rings. The van der Waals surface area contributed by atoms with Gasteiger partial charge in [-0.3, -0.25) is 4.79 Å². The lowest BCUT2D eigenvalue weighted by molar-refractivity contribution is -0.136. The Morgan fingerprint density at radius 3 is 2.87 bits per heavy atom. The molecule has 0 amide bonds. The van der Waals surface area contributed by atoms with Crippen LogP contribution in [0.1, 0.15) is 5.56 Å². The Kier molecular flexibility index (Phi) is 2.07. The third kappa shape index (κ3) is 1.52. The fourth-order valence-corrected chi connectivity index (χ4v) is 1.56. The largest absolute Gasteiger partial charge is 0.506 e. The molecule has 0 unspecified atom stereocenters. The Balaban J connectivity index is 2.67. The second kappa shape index (κ2) is 3.27. The molecule has 1 heterocycles. The molecule has 2 aromatic rings. The summed E-state index contributed by atoms with van der Waals surface area (Å²) in [6.07, 6.45) is 1.11. The lowest BCUT2D eigenvalue weighted by atomic mass is 10.1. The van der Waals surface area contributed by atoms with E-state index in [0.29, 0.717) is 5.56 Å². The Morgan fingerprint density at radius 1 is 1.47 bits per heavy atom. The van der Waals surface area contributed by atoms with Gasteiger partial charge in [0.05, 0.1) is 11.9 Å². The number of H-pyrrole nitrogens is 1. The van der Waals surface area contributed by atoms with Crippen molar-refractivity contribution >= 4 is 16.9 Å². The number of carbonyl (C=O) groups is 1. The lowest BCUT2D eigenvalue weighted by Crippen LogP contribution is -1.99. The van der Waals surface area contributed by atoms with Crippen molar-refractivity contribution in [1.82, 2.24) is 4.98 Å². The molecule has 0 radical (unpaired) electrons. The van der Waals surface area contributed by atoms with Gasteiger partial charge < -0.3 is 15.2 Å². The predicted molar refractivity (Wildman–Crippen MR) is 51.3 cm³/mol. The minimum Gasteiger partial charge on any atom is -0.506 e. The van der Waals surface area contributed by atoms with Crippen LogP contribution >= 0.6 is 0 Å². The van der Waals surface area contributed by atoms with Crippen molar-refractivity contribution in [3.8, 4) is 5.75 Å². The van der Waals surface area contributed by atoms with E-state index in [2.05, 4.69) is 4.98 Å². The van der Waals surface area contributed by atoms with Crippen LogP contribution in [0.3, 0.4) is 0 Å². The van der Waals surface area contributed by atoms with Crippen molar-refractivity contribution in [3.63, 3.8) is 0 Å². The third-order valence-electron chi connectivity index (χ3n) is 2.19. The molecule has 0 atom stereocenters. The lowest BCUT2D eigenvalue weighted by Gasteiger charge is -1.98. The highest BCUT2D eigenvalue weighted by Crippen LogP contribution is 2.28. The molecule has 0 spiro atoms. The number of hydrogen-bond donors (Lipinski definition) is 3. The van der Waals surface area contributed by atoms with E-state index in [1.807, 2.05) is 0 Å². The van der Waals surface area contributed by atoms with Gasteiger partial charge in [0.2, 0.25) is 0 Å². The van der Waals surface area contributed by atoms with Gasteiger partial charge in [0.25, 0.3) is 0 Å². The smallest absolute Gasteiger partial charge is 0.307 e. The molecule has 1 aromatic heterocycles. The van der Waals surface area contributed by atoms with Crippen LogP contribution in [-0.4, -0.2) is 21.2 Å². The molecule has 5 heteroatoms. The summed E-state index contributed by atoms with van der Waals surface area (Å²) in [5.74, 6) is -1.68. The zero-order valence-corrected chi connectivity index (χ0v) is 7.62. The molecule has 4 nitrogen and oxygen atoms in total. The van der Waals surface area contributed by atoms with Gasteiger partial charge in [-0.05, 0) is 17.7 Å². The van der Waals surface area contributed by atoms with Crippen LogP contribution in [0, 0.1) is 5.82 Å². The fourth-order valence-electron chi connectivity index (χ4n) is 1.56. The zero-order valence-electron chi connectivity index (χ0n) is 7.62. The van der Waals surface area contributed by atoms with Gasteiger partial charge in [-0.2, -0.15) is 0 Å². The second-order valence-corrected chi connectivity index (χ2v) is 3.20. The number of aromatic amines is 1. The number of phenols is 1. The first-order chi connectivity index (χ1) is 7.09. The van der Waals surface area contributed by atoms with E-state index in [9.17, 15) is 14.3 Å². The van der Waals surface area contributed by atoms with E-state index < -0.39 is 11.8 Å². The van der Waals surface area contributed by atoms with Crippen LogP contribution in [0.5, 0.6) is 5.75 Å². The molecule has 3 N–H and O–H groups in total. The number of halogens is 1. The molecule has 15 heavy (non-hydrogen) atoms. The minimum atomic E-state index is -1.04. The van der Waals surface area contributed by atoms with Gasteiger partial charge in [-0.1, -0.05) is 0 Å². The summed E-state index contributed by atoms with van der Waals surface area (Å²) in [7, 11) is 0. The summed E-state index contributed by atoms with van der Waals surface area (Å²) in [4.78, 5) is 13.2. The van der Waals surface area contributed by atoms with Crippen molar-refractivity contribution in [1.29, 1.82) is 0 Å². The number of phenolic OH excluding ortho intramolecular Hbond substituents is 1. The Hall–Kier alpha value is -2.04. The molecule has 0 aliphatic rings. The normalized spacial score (nSPS) is 10.7. The standard InChI is InChI=1S/C10H8FNO3/c11-6-1-2-7(13)10-9(6)5(4-12-10)3-8(14)15/h1-2,4,12-13H,3H2,(H,14,15). The van der Waals surface area contributed by atoms with Gasteiger partial charge in [-0.25, -0.2) is 4.39 Å². The van der Waals surface area contributed by atoms with Gasteiger partial charge in [0.1, 0.15) is 11.6 Å². The van der Waals surface area contributed by atoms with E-state index in [4.69, 9.17) is 5.11 Å². The number of benzene rings is 1. The summed E-state index contributed by atoms with van der Waals surface area (Å²) < 4.78 is 13.4. The summed E-state index contributed by atoms with van der Waals surface area (Å²) in [6, 6.07) is 2.33. The van der Waals surface area contributed by atoms with Crippen LogP contribution in [0.15, 0.2) is 18.3 Å². The highest BCUT2D eigenvalue weighted by molar-refractivity contribution is 5.91. The molecule has 0 saturated heterocycles. The molecule has 78 valence electrons. The number of carboxylic acid groups (broad SMARTS) is 1. The van der Waals surface area contributed by atoms with E-state index in [1.165, 1.54) is 12.3 Å². The average molecular weight is 209 g/mol. The van der Waals surface area contributed by atoms with Gasteiger partial charge in [-0.15, -0.1) is 0 Å². The maximum absolute atomic E-state index is 13.4. The highest BCUT2D eigenvalue weighted by atomic mass is 19.1. The van der Waals surface area contributed by atoms with Crippen molar-refractivity contribution < 1.29 is 19.4 Å². The van der Waals surface area contributed by atoms with Crippen molar-refractivity contribution in [2.45, 2.75) is 6.42 Å². The number of carboxylic acids is 1. The maximum Gasteiger partial charge on any atom is 0.307 e. The molecular weight excluding hydrogens is 201 g/mol. The molecule has 0 bridgehead atoms. The van der Waals surface area contributed by atoms with Crippen LogP contribution in [0.25, 0.3) is 10.9 Å². The molecule has 0 aliphatic heterocycles. The molecular formula is C10H8FNO3. The first-order valence-electron chi connectivity index (χ1n) is 4.29. The van der Waals surface area contributed by atoms with Gasteiger partial charge >= 0.3 is 5.97 Å². The van der Waals surface area contributed by atoms with Crippen molar-refractivity contribution in [2.75, 3.05) is 0 Å². The first-order valence-corrected chi connectivity index (χ1v) is 4.29. The summed E-state index contributed by atoms with van der Waals surface area (Å²) in [5.41, 5.74) is 0.553. The molecule has 2 rings (SSSR count). The van der Waals surface area contributed by atoms with Crippen molar-refractivity contribution in [2.24, 2.45) is 0 Å². The van der Waals surface area contributed by atoms with E-state index >= 15 is 0 Å². The monoisotopic (exact) mass is 209 g/mol. The maximum atomic E-state index is 13.4. The van der Waals surface area contributed by atoms with E-state index in [0.717, 1.165) is 6.07 Å². The van der Waals surface area contributed by atoms with E-state index in [1.54, 1.807) is 0 Å². The van der Waals surface area contributed by atoms with Crippen LogP contribution in [0.4, 0.5) is 4.39 Å². The number of aromatic hydroxyl groups is 1. The van der Waals surface area contributed by atoms with Gasteiger partial charge in [0, 0.05) is 11.6 Å². The van der Waals surface area contributed by atoms with Crippen LogP contribution in [0.2, 0.25) is 0 Å². The molecule has 0 saturated carbocycles. The minimum absolute atomic E-state index is 0.0944. The predicted octanol–water partition coefficient (Wildman–Crippen LogP) is 1.64. The summed E-state index contributed by atoms with van der Waals surface area (Å²) in [6.45, 7) is 0. The SMILES string of the molecule is O=C(O)Cc1c[nH]c2c(O)ccc(F)c12. The highest BCUT2D eigenvalue weighted by Gasteiger charge is 2.13. The van der Waals surface area contributed by atoms with E-state index in [-0.39, 0.29) is 23.1 Å². The zero-order chi connectivity index (χ0) is 11.0. The number of rotatable bonds is 2. The first kappa shape index (κ1) is 9.51. The number of fused-ring (bicyclic) bond motifs is 1. The van der Waals surface area contributed by atoms with Crippen molar-refractivity contribution in [3.05, 3.63) is 29.7 Å². The second-order valence-electron chi connectivity index (χ2n) is 3.20. The van der Waals surface area contributed by atoms with Gasteiger partial charge in [0.15, 0.2) is 0 Å². The number of aromatic nitrogens is 1. The Labute approximate surface area is 84.0 Å². The number of hydrogen-bond acceptors (Lipinski definition) is 2. The third-order valence-corrected chi connectivity index (χ3v) is 2.19. The number of aliphatic carboxylic acids is 1. The molecule has 1 aromatic carbocycles.